The van der Waals surface area contributed by atoms with Crippen molar-refractivity contribution in [2.75, 3.05) is 13.2 Å². The third-order valence-electron chi connectivity index (χ3n) is 5.78. The minimum Gasteiger partial charge on any atom is -0.381 e. The Labute approximate surface area is 185 Å². The molecule has 4 aromatic rings. The van der Waals surface area contributed by atoms with E-state index in [0.717, 1.165) is 19.8 Å². The molecule has 2 aromatic carbocycles. The molecule has 5 rings (SSSR count). The normalized spacial score (nSPS) is 16.3. The zero-order valence-corrected chi connectivity index (χ0v) is 17.6. The summed E-state index contributed by atoms with van der Waals surface area (Å²) >= 11 is 1.50. The Morgan fingerprint density at radius 1 is 1.00 bits per heavy atom. The summed E-state index contributed by atoms with van der Waals surface area (Å²) in [6.07, 6.45) is -3.28. The minimum atomic E-state index is -4.59. The molecular weight excluding hydrogens is 437 g/mol. The van der Waals surface area contributed by atoms with Gasteiger partial charge in [-0.25, -0.2) is 0 Å². The first kappa shape index (κ1) is 20.8. The first-order chi connectivity index (χ1) is 15.4. The summed E-state index contributed by atoms with van der Waals surface area (Å²) in [4.78, 5) is 1.85. The summed E-state index contributed by atoms with van der Waals surface area (Å²) in [6, 6.07) is 18.9. The second-order valence-corrected chi connectivity index (χ2v) is 8.85. The van der Waals surface area contributed by atoms with Crippen molar-refractivity contribution < 1.29 is 17.9 Å². The fourth-order valence-electron chi connectivity index (χ4n) is 4.10. The molecule has 0 spiro atoms. The predicted octanol–water partition coefficient (Wildman–Crippen LogP) is 5.62. The van der Waals surface area contributed by atoms with Gasteiger partial charge < -0.3 is 4.74 Å². The van der Waals surface area contributed by atoms with Crippen LogP contribution in [0, 0.1) is 11.3 Å². The van der Waals surface area contributed by atoms with E-state index in [1.54, 1.807) is 18.2 Å². The topological polar surface area (TPSA) is 63.2 Å². The zero-order valence-electron chi connectivity index (χ0n) is 16.8. The third kappa shape index (κ3) is 3.59. The maximum absolute atomic E-state index is 13.3. The second-order valence-electron chi connectivity index (χ2n) is 7.71. The van der Waals surface area contributed by atoms with Crippen LogP contribution in [-0.4, -0.2) is 27.8 Å². The van der Waals surface area contributed by atoms with Gasteiger partial charge in [0.2, 0.25) is 5.82 Å². The van der Waals surface area contributed by atoms with Gasteiger partial charge in [-0.05, 0) is 66.3 Å². The van der Waals surface area contributed by atoms with Crippen molar-refractivity contribution in [1.82, 2.24) is 14.6 Å². The average Bonchev–Trinajstić information content (AvgIpc) is 3.25. The van der Waals surface area contributed by atoms with Crippen LogP contribution in [0.15, 0.2) is 64.4 Å². The molecule has 1 saturated heterocycles. The highest BCUT2D eigenvalue weighted by molar-refractivity contribution is 7.99. The van der Waals surface area contributed by atoms with Crippen LogP contribution in [-0.2, 0) is 16.3 Å². The molecule has 32 heavy (non-hydrogen) atoms. The fraction of sp³-hybridized carbons (Fsp3) is 0.261. The molecule has 0 aliphatic carbocycles. The summed E-state index contributed by atoms with van der Waals surface area (Å²) < 4.78 is 46.5. The van der Waals surface area contributed by atoms with Crippen molar-refractivity contribution in [3.8, 4) is 6.07 Å². The van der Waals surface area contributed by atoms with Gasteiger partial charge in [-0.2, -0.15) is 18.4 Å². The van der Waals surface area contributed by atoms with Gasteiger partial charge in [0.05, 0.1) is 17.0 Å². The van der Waals surface area contributed by atoms with Crippen LogP contribution in [0.4, 0.5) is 13.2 Å². The number of alkyl halides is 3. The molecule has 9 heteroatoms. The van der Waals surface area contributed by atoms with E-state index in [4.69, 9.17) is 4.74 Å². The van der Waals surface area contributed by atoms with Gasteiger partial charge in [0.1, 0.15) is 0 Å². The quantitative estimate of drug-likeness (QED) is 0.402. The molecular formula is C23H17F3N4OS. The number of fused-ring (bicyclic) bond motifs is 3. The van der Waals surface area contributed by atoms with E-state index in [1.807, 2.05) is 30.3 Å². The molecule has 0 N–H and O–H groups in total. The smallest absolute Gasteiger partial charge is 0.381 e. The number of hydrogen-bond donors (Lipinski definition) is 0. The molecule has 162 valence electrons. The van der Waals surface area contributed by atoms with Crippen LogP contribution in [0.5, 0.6) is 0 Å². The lowest BCUT2D eigenvalue weighted by Crippen LogP contribution is -2.32. The largest absolute Gasteiger partial charge is 0.452 e. The Morgan fingerprint density at radius 3 is 2.53 bits per heavy atom. The van der Waals surface area contributed by atoms with Crippen molar-refractivity contribution in [3.05, 3.63) is 66.0 Å². The van der Waals surface area contributed by atoms with Crippen LogP contribution >= 0.6 is 11.8 Å². The van der Waals surface area contributed by atoms with E-state index >= 15 is 0 Å². The fourth-order valence-corrected chi connectivity index (χ4v) is 5.03. The highest BCUT2D eigenvalue weighted by Crippen LogP contribution is 2.38. The van der Waals surface area contributed by atoms with Crippen molar-refractivity contribution in [1.29, 1.82) is 5.26 Å². The molecule has 0 saturated carbocycles. The summed E-state index contributed by atoms with van der Waals surface area (Å²) in [6.45, 7) is 1.13. The highest BCUT2D eigenvalue weighted by atomic mass is 32.2. The number of nitrogens with zero attached hydrogens (tertiary/aromatic N) is 4. The van der Waals surface area contributed by atoms with Crippen LogP contribution < -0.4 is 0 Å². The lowest BCUT2D eigenvalue weighted by Gasteiger charge is -2.31. The van der Waals surface area contributed by atoms with Gasteiger partial charge in [0.25, 0.3) is 0 Å². The molecule has 5 nitrogen and oxygen atoms in total. The molecule has 0 radical (unpaired) electrons. The van der Waals surface area contributed by atoms with Crippen LogP contribution in [0.1, 0.15) is 24.2 Å². The number of hydrogen-bond acceptors (Lipinski definition) is 5. The molecule has 1 aliphatic rings. The first-order valence-electron chi connectivity index (χ1n) is 10.0. The van der Waals surface area contributed by atoms with E-state index in [1.165, 1.54) is 17.8 Å². The van der Waals surface area contributed by atoms with Gasteiger partial charge in [-0.15, -0.1) is 10.2 Å². The number of aromatic nitrogens is 3. The van der Waals surface area contributed by atoms with E-state index < -0.39 is 17.4 Å². The number of halogens is 3. The van der Waals surface area contributed by atoms with Gasteiger partial charge in [0, 0.05) is 23.0 Å². The molecule has 3 heterocycles. The Bertz CT molecular complexity index is 1350. The van der Waals surface area contributed by atoms with Crippen molar-refractivity contribution >= 4 is 28.3 Å². The molecule has 1 fully saturated rings. The maximum atomic E-state index is 13.3. The van der Waals surface area contributed by atoms with E-state index in [9.17, 15) is 18.4 Å². The molecule has 0 amide bonds. The zero-order chi connectivity index (χ0) is 22.3. The lowest BCUT2D eigenvalue weighted by molar-refractivity contribution is -0.145. The number of benzene rings is 2. The van der Waals surface area contributed by atoms with Crippen molar-refractivity contribution in [3.63, 3.8) is 0 Å². The van der Waals surface area contributed by atoms with Gasteiger partial charge in [-0.3, -0.25) is 4.40 Å². The monoisotopic (exact) mass is 454 g/mol. The third-order valence-corrected chi connectivity index (χ3v) is 6.76. The van der Waals surface area contributed by atoms with Crippen LogP contribution in [0.2, 0.25) is 0 Å². The number of rotatable bonds is 3. The molecule has 1 aliphatic heterocycles. The van der Waals surface area contributed by atoms with Crippen LogP contribution in [0.25, 0.3) is 16.6 Å². The van der Waals surface area contributed by atoms with Gasteiger partial charge in [0.15, 0.2) is 5.65 Å². The first-order valence-corrected chi connectivity index (χ1v) is 10.8. The second kappa shape index (κ2) is 7.80. The standard InChI is InChI=1S/C23H17F3N4OS/c24-23(25,26)21-29-28-20-7-4-15-12-18(5-6-19(15)30(20)21)32-17-3-1-2-16(13-17)22(14-27)8-10-31-11-9-22/h1-7,12-13H,8-11H2. The van der Waals surface area contributed by atoms with E-state index in [0.29, 0.717) is 37.0 Å². The number of pyridine rings is 1. The van der Waals surface area contributed by atoms with Crippen LogP contribution in [0.3, 0.4) is 0 Å². The molecule has 0 atom stereocenters. The summed E-state index contributed by atoms with van der Waals surface area (Å²) in [5, 5.41) is 17.5. The van der Waals surface area contributed by atoms with Gasteiger partial charge in [-0.1, -0.05) is 23.9 Å². The number of nitriles is 1. The highest BCUT2D eigenvalue weighted by Gasteiger charge is 2.37. The molecule has 0 unspecified atom stereocenters. The van der Waals surface area contributed by atoms with E-state index in [2.05, 4.69) is 16.3 Å². The SMILES string of the molecule is N#CC1(c2cccc(Sc3ccc4c(ccc5nnc(C(F)(F)F)n54)c3)c2)CCOCC1. The Kier molecular flexibility index (Phi) is 5.07. The summed E-state index contributed by atoms with van der Waals surface area (Å²) in [5.74, 6) is -1.04. The number of ether oxygens (including phenoxy) is 1. The van der Waals surface area contributed by atoms with Crippen molar-refractivity contribution in [2.45, 2.75) is 34.2 Å². The molecule has 0 bridgehead atoms. The Hall–Kier alpha value is -3.09. The minimum absolute atomic E-state index is 0.149. The summed E-state index contributed by atoms with van der Waals surface area (Å²) in [7, 11) is 0. The van der Waals surface area contributed by atoms with E-state index in [-0.39, 0.29) is 5.65 Å². The average molecular weight is 454 g/mol. The Morgan fingerprint density at radius 2 is 1.78 bits per heavy atom. The maximum Gasteiger partial charge on any atom is 0.452 e. The molecule has 2 aromatic heterocycles. The van der Waals surface area contributed by atoms with Crippen molar-refractivity contribution in [2.24, 2.45) is 0 Å². The van der Waals surface area contributed by atoms with Gasteiger partial charge >= 0.3 is 6.18 Å². The predicted molar refractivity (Wildman–Crippen MR) is 113 cm³/mol. The summed E-state index contributed by atoms with van der Waals surface area (Å²) in [5.41, 5.74) is 0.960. The Balaban J connectivity index is 1.50. The lowest BCUT2D eigenvalue weighted by atomic mass is 9.75.